The second kappa shape index (κ2) is 8.04. The molecule has 0 unspecified atom stereocenters. The molecule has 0 amide bonds. The van der Waals surface area contributed by atoms with E-state index in [0.29, 0.717) is 5.89 Å². The number of aromatic nitrogens is 2. The van der Waals surface area contributed by atoms with Crippen molar-refractivity contribution >= 4 is 11.8 Å². The van der Waals surface area contributed by atoms with Crippen LogP contribution in [0.2, 0.25) is 0 Å². The normalized spacial score (nSPS) is 10.9. The van der Waals surface area contributed by atoms with Gasteiger partial charge in [-0.25, -0.2) is 0 Å². The number of rotatable bonds is 8. The summed E-state index contributed by atoms with van der Waals surface area (Å²) in [5.74, 6) is 2.07. The van der Waals surface area contributed by atoms with Gasteiger partial charge in [-0.1, -0.05) is 17.3 Å². The number of hydrogen-bond donors (Lipinski definition) is 1. The summed E-state index contributed by atoms with van der Waals surface area (Å²) in [6.07, 6.45) is 0. The number of benzene rings is 1. The molecule has 108 valence electrons. The van der Waals surface area contributed by atoms with Crippen LogP contribution in [0.3, 0.4) is 0 Å². The fraction of sp³-hybridized carbons (Fsp3) is 0.429. The van der Waals surface area contributed by atoms with Crippen LogP contribution in [0.25, 0.3) is 0 Å². The largest absolute Gasteiger partial charge is 0.383 e. The van der Waals surface area contributed by atoms with E-state index in [9.17, 15) is 0 Å². The molecule has 0 spiro atoms. The first-order valence-electron chi connectivity index (χ1n) is 6.48. The van der Waals surface area contributed by atoms with Crippen LogP contribution in [0, 0.1) is 6.92 Å². The lowest BCUT2D eigenvalue weighted by Gasteiger charge is -2.05. The van der Waals surface area contributed by atoms with Gasteiger partial charge in [0.2, 0.25) is 5.89 Å². The molecule has 6 heteroatoms. The Balaban J connectivity index is 1.76. The molecule has 20 heavy (non-hydrogen) atoms. The summed E-state index contributed by atoms with van der Waals surface area (Å²) >= 11 is 1.70. The molecule has 0 aliphatic heterocycles. The van der Waals surface area contributed by atoms with Crippen LogP contribution in [-0.2, 0) is 17.0 Å². The number of methoxy groups -OCH3 is 1. The fourth-order valence-corrected chi connectivity index (χ4v) is 2.40. The van der Waals surface area contributed by atoms with Gasteiger partial charge in [-0.3, -0.25) is 0 Å². The van der Waals surface area contributed by atoms with E-state index >= 15 is 0 Å². The van der Waals surface area contributed by atoms with E-state index in [1.807, 2.05) is 0 Å². The number of aryl methyl sites for hydroxylation is 1. The minimum absolute atomic E-state index is 0.609. The smallest absolute Gasteiger partial charge is 0.223 e. The van der Waals surface area contributed by atoms with E-state index < -0.39 is 0 Å². The van der Waals surface area contributed by atoms with E-state index in [0.717, 1.165) is 31.3 Å². The first-order valence-corrected chi connectivity index (χ1v) is 7.47. The van der Waals surface area contributed by atoms with Crippen LogP contribution in [-0.4, -0.2) is 30.4 Å². The van der Waals surface area contributed by atoms with Gasteiger partial charge in [-0.15, -0.1) is 11.8 Å². The lowest BCUT2D eigenvalue weighted by Crippen LogP contribution is -2.18. The van der Waals surface area contributed by atoms with Crippen molar-refractivity contribution in [1.82, 2.24) is 15.5 Å². The number of ether oxygens (including phenoxy) is 1. The minimum atomic E-state index is 0.609. The zero-order chi connectivity index (χ0) is 14.2. The average molecular weight is 293 g/mol. The van der Waals surface area contributed by atoms with E-state index in [4.69, 9.17) is 9.26 Å². The van der Waals surface area contributed by atoms with E-state index in [-0.39, 0.29) is 0 Å². The van der Waals surface area contributed by atoms with Crippen LogP contribution in [0.5, 0.6) is 0 Å². The molecule has 0 aliphatic carbocycles. The molecule has 0 bridgehead atoms. The molecule has 2 rings (SSSR count). The summed E-state index contributed by atoms with van der Waals surface area (Å²) in [6.45, 7) is 4.26. The standard InChI is InChI=1S/C14H19N3O2S/c1-11-16-14(17-19-11)10-20-13-5-3-12(4-6-13)9-15-7-8-18-2/h3-6,15H,7-10H2,1-2H3. The molecule has 0 atom stereocenters. The lowest BCUT2D eigenvalue weighted by molar-refractivity contribution is 0.199. The quantitative estimate of drug-likeness (QED) is 0.596. The van der Waals surface area contributed by atoms with Crippen molar-refractivity contribution in [2.24, 2.45) is 0 Å². The zero-order valence-corrected chi connectivity index (χ0v) is 12.6. The van der Waals surface area contributed by atoms with Crippen LogP contribution in [0.4, 0.5) is 0 Å². The third-order valence-corrected chi connectivity index (χ3v) is 3.68. The molecular weight excluding hydrogens is 274 g/mol. The molecule has 0 saturated carbocycles. The summed E-state index contributed by atoms with van der Waals surface area (Å²) < 4.78 is 9.93. The Morgan fingerprint density at radius 3 is 2.75 bits per heavy atom. The number of hydrogen-bond acceptors (Lipinski definition) is 6. The van der Waals surface area contributed by atoms with Gasteiger partial charge < -0.3 is 14.6 Å². The highest BCUT2D eigenvalue weighted by Crippen LogP contribution is 2.21. The van der Waals surface area contributed by atoms with Crippen LogP contribution in [0.1, 0.15) is 17.3 Å². The van der Waals surface area contributed by atoms with Crippen molar-refractivity contribution in [3.63, 3.8) is 0 Å². The Morgan fingerprint density at radius 2 is 2.10 bits per heavy atom. The first-order chi connectivity index (χ1) is 9.78. The maximum absolute atomic E-state index is 4.99. The lowest BCUT2D eigenvalue weighted by atomic mass is 10.2. The molecule has 0 aliphatic rings. The third kappa shape index (κ3) is 4.96. The van der Waals surface area contributed by atoms with Gasteiger partial charge >= 0.3 is 0 Å². The highest BCUT2D eigenvalue weighted by Gasteiger charge is 2.03. The summed E-state index contributed by atoms with van der Waals surface area (Å²) in [5, 5.41) is 7.20. The monoisotopic (exact) mass is 293 g/mol. The molecule has 5 nitrogen and oxygen atoms in total. The van der Waals surface area contributed by atoms with Gasteiger partial charge in [0, 0.05) is 32.0 Å². The molecule has 1 heterocycles. The molecule has 1 aromatic heterocycles. The number of thioether (sulfide) groups is 1. The third-order valence-electron chi connectivity index (χ3n) is 2.67. The van der Waals surface area contributed by atoms with Crippen LogP contribution in [0.15, 0.2) is 33.7 Å². The van der Waals surface area contributed by atoms with Gasteiger partial charge in [0.15, 0.2) is 5.82 Å². The van der Waals surface area contributed by atoms with Crippen LogP contribution < -0.4 is 5.32 Å². The summed E-state index contributed by atoms with van der Waals surface area (Å²) in [7, 11) is 1.71. The maximum Gasteiger partial charge on any atom is 0.223 e. The summed E-state index contributed by atoms with van der Waals surface area (Å²) in [5.41, 5.74) is 1.26. The molecule has 2 aromatic rings. The van der Waals surface area contributed by atoms with E-state index in [1.165, 1.54) is 10.5 Å². The minimum Gasteiger partial charge on any atom is -0.383 e. The van der Waals surface area contributed by atoms with Crippen molar-refractivity contribution in [3.8, 4) is 0 Å². The maximum atomic E-state index is 4.99. The molecule has 1 N–H and O–H groups in total. The topological polar surface area (TPSA) is 60.2 Å². The Kier molecular flexibility index (Phi) is 6.04. The number of nitrogens with zero attached hydrogens (tertiary/aromatic N) is 2. The van der Waals surface area contributed by atoms with Crippen molar-refractivity contribution < 1.29 is 9.26 Å². The molecule has 0 radical (unpaired) electrons. The highest BCUT2D eigenvalue weighted by atomic mass is 32.2. The van der Waals surface area contributed by atoms with Crippen molar-refractivity contribution in [1.29, 1.82) is 0 Å². The number of nitrogens with one attached hydrogen (secondary N) is 1. The fourth-order valence-electron chi connectivity index (χ4n) is 1.66. The molecular formula is C14H19N3O2S. The van der Waals surface area contributed by atoms with Crippen molar-refractivity contribution in [3.05, 3.63) is 41.5 Å². The van der Waals surface area contributed by atoms with Gasteiger partial charge in [0.25, 0.3) is 0 Å². The van der Waals surface area contributed by atoms with Crippen molar-refractivity contribution in [2.75, 3.05) is 20.3 Å². The molecule has 1 aromatic carbocycles. The zero-order valence-electron chi connectivity index (χ0n) is 11.8. The van der Waals surface area contributed by atoms with Gasteiger partial charge in [0.1, 0.15) is 0 Å². The summed E-state index contributed by atoms with van der Waals surface area (Å²) in [4.78, 5) is 5.38. The SMILES string of the molecule is COCCNCc1ccc(SCc2noc(C)n2)cc1. The molecule has 0 saturated heterocycles. The van der Waals surface area contributed by atoms with Gasteiger partial charge in [-0.05, 0) is 17.7 Å². The first kappa shape index (κ1) is 15.0. The van der Waals surface area contributed by atoms with E-state index in [2.05, 4.69) is 39.7 Å². The predicted molar refractivity (Wildman–Crippen MR) is 78.6 cm³/mol. The second-order valence-electron chi connectivity index (χ2n) is 4.33. The Hall–Kier alpha value is -1.37. The van der Waals surface area contributed by atoms with Gasteiger partial charge in [0.05, 0.1) is 12.4 Å². The van der Waals surface area contributed by atoms with Crippen LogP contribution >= 0.6 is 11.8 Å². The summed E-state index contributed by atoms with van der Waals surface area (Å²) in [6, 6.07) is 8.49. The van der Waals surface area contributed by atoms with Gasteiger partial charge in [-0.2, -0.15) is 4.98 Å². The Bertz CT molecular complexity index is 513. The highest BCUT2D eigenvalue weighted by molar-refractivity contribution is 7.98. The average Bonchev–Trinajstić information content (AvgIpc) is 2.88. The van der Waals surface area contributed by atoms with E-state index in [1.54, 1.807) is 25.8 Å². The Labute approximate surface area is 123 Å². The molecule has 0 fully saturated rings. The van der Waals surface area contributed by atoms with Crippen molar-refractivity contribution in [2.45, 2.75) is 24.1 Å². The second-order valence-corrected chi connectivity index (χ2v) is 5.38. The predicted octanol–water partition coefficient (Wildman–Crippen LogP) is 2.41. The Morgan fingerprint density at radius 1 is 1.30 bits per heavy atom.